The molecule has 1 N–H and O–H groups in total. The lowest BCUT2D eigenvalue weighted by molar-refractivity contribution is 0.0921. The average molecular weight is 316 g/mol. The number of furan rings is 1. The maximum absolute atomic E-state index is 12.1. The summed E-state index contributed by atoms with van der Waals surface area (Å²) >= 11 is 0. The predicted molar refractivity (Wildman–Crippen MR) is 87.1 cm³/mol. The summed E-state index contributed by atoms with van der Waals surface area (Å²) in [6, 6.07) is 5.64. The number of carbonyl (C=O) groups excluding carboxylic acids is 1. The van der Waals surface area contributed by atoms with E-state index < -0.39 is 0 Å². The third-order valence-corrected chi connectivity index (χ3v) is 4.22. The molecule has 6 nitrogen and oxygen atoms in total. The first-order valence-corrected chi connectivity index (χ1v) is 8.30. The molecule has 6 heteroatoms. The number of likely N-dealkylation sites (tertiary alicyclic amines) is 1. The number of aryl methyl sites for hydroxylation is 2. The van der Waals surface area contributed by atoms with Crippen LogP contribution in [0.2, 0.25) is 0 Å². The van der Waals surface area contributed by atoms with Crippen LogP contribution in [0.3, 0.4) is 0 Å². The molecule has 0 radical (unpaired) electrons. The van der Waals surface area contributed by atoms with Crippen LogP contribution in [0.25, 0.3) is 0 Å². The molecule has 1 aliphatic rings. The zero-order valence-corrected chi connectivity index (χ0v) is 13.6. The predicted octanol–water partition coefficient (Wildman–Crippen LogP) is 2.20. The summed E-state index contributed by atoms with van der Waals surface area (Å²) in [6.45, 7) is 6.48. The molecule has 1 fully saturated rings. The number of nitrogens with zero attached hydrogens (tertiary/aromatic N) is 3. The highest BCUT2D eigenvalue weighted by molar-refractivity contribution is 5.91. The minimum absolute atomic E-state index is 0.144. The van der Waals surface area contributed by atoms with E-state index in [1.807, 2.05) is 23.7 Å². The molecule has 2 aromatic heterocycles. The van der Waals surface area contributed by atoms with Gasteiger partial charge in [-0.3, -0.25) is 14.4 Å². The third kappa shape index (κ3) is 4.22. The topological polar surface area (TPSA) is 63.3 Å². The number of carbonyl (C=O) groups is 1. The van der Waals surface area contributed by atoms with Gasteiger partial charge in [-0.05, 0) is 57.5 Å². The second kappa shape index (κ2) is 7.46. The summed E-state index contributed by atoms with van der Waals surface area (Å²) < 4.78 is 7.60. The van der Waals surface area contributed by atoms with Crippen molar-refractivity contribution in [1.82, 2.24) is 20.0 Å². The molecule has 2 aromatic rings. The first-order chi connectivity index (χ1) is 11.2. The molecule has 0 aromatic carbocycles. The summed E-state index contributed by atoms with van der Waals surface area (Å²) in [5.74, 6) is 1.12. The van der Waals surface area contributed by atoms with Crippen LogP contribution in [0.1, 0.15) is 41.3 Å². The van der Waals surface area contributed by atoms with Crippen molar-refractivity contribution in [3.8, 4) is 0 Å². The zero-order valence-electron chi connectivity index (χ0n) is 13.6. The first kappa shape index (κ1) is 15.8. The highest BCUT2D eigenvalue weighted by Crippen LogP contribution is 2.15. The van der Waals surface area contributed by atoms with Crippen LogP contribution in [0, 0.1) is 6.92 Å². The van der Waals surface area contributed by atoms with Crippen molar-refractivity contribution in [1.29, 1.82) is 0 Å². The van der Waals surface area contributed by atoms with Crippen molar-refractivity contribution in [3.05, 3.63) is 41.6 Å². The van der Waals surface area contributed by atoms with Crippen LogP contribution in [0.4, 0.5) is 0 Å². The normalized spacial score (nSPS) is 15.2. The Morgan fingerprint density at radius 1 is 1.30 bits per heavy atom. The molecule has 0 bridgehead atoms. The standard InChI is InChI=1S/C17H24N4O2/c1-14-7-9-19-21(14)12-4-8-18-17(22)16-6-5-15(23-16)13-20-10-2-3-11-20/h5-7,9H,2-4,8,10-13H2,1H3,(H,18,22). The van der Waals surface area contributed by atoms with Gasteiger partial charge in [-0.15, -0.1) is 0 Å². The molecule has 1 amide bonds. The fraction of sp³-hybridized carbons (Fsp3) is 0.529. The van der Waals surface area contributed by atoms with E-state index in [0.29, 0.717) is 12.3 Å². The monoisotopic (exact) mass is 316 g/mol. The van der Waals surface area contributed by atoms with Crippen molar-refractivity contribution in [2.24, 2.45) is 0 Å². The van der Waals surface area contributed by atoms with Gasteiger partial charge in [0.25, 0.3) is 5.91 Å². The molecule has 0 atom stereocenters. The molecular weight excluding hydrogens is 292 g/mol. The van der Waals surface area contributed by atoms with Gasteiger partial charge >= 0.3 is 0 Å². The van der Waals surface area contributed by atoms with Crippen molar-refractivity contribution >= 4 is 5.91 Å². The maximum atomic E-state index is 12.1. The lowest BCUT2D eigenvalue weighted by Crippen LogP contribution is -2.25. The maximum Gasteiger partial charge on any atom is 0.286 e. The van der Waals surface area contributed by atoms with Crippen LogP contribution in [0.5, 0.6) is 0 Å². The first-order valence-electron chi connectivity index (χ1n) is 8.30. The summed E-state index contributed by atoms with van der Waals surface area (Å²) in [4.78, 5) is 14.4. The van der Waals surface area contributed by atoms with Crippen LogP contribution < -0.4 is 5.32 Å². The molecule has 3 heterocycles. The Hall–Kier alpha value is -2.08. The van der Waals surface area contributed by atoms with E-state index in [4.69, 9.17) is 4.42 Å². The number of hydrogen-bond acceptors (Lipinski definition) is 4. The second-order valence-corrected chi connectivity index (χ2v) is 6.05. The van der Waals surface area contributed by atoms with Gasteiger partial charge in [0.1, 0.15) is 5.76 Å². The Balaban J connectivity index is 1.41. The number of hydrogen-bond donors (Lipinski definition) is 1. The van der Waals surface area contributed by atoms with Gasteiger partial charge in [0.15, 0.2) is 5.76 Å². The molecule has 0 unspecified atom stereocenters. The van der Waals surface area contributed by atoms with E-state index in [0.717, 1.165) is 44.1 Å². The number of aromatic nitrogens is 2. The molecule has 1 aliphatic heterocycles. The van der Waals surface area contributed by atoms with Crippen molar-refractivity contribution in [2.45, 2.75) is 39.3 Å². The highest BCUT2D eigenvalue weighted by Gasteiger charge is 2.15. The van der Waals surface area contributed by atoms with Gasteiger partial charge in [0.2, 0.25) is 0 Å². The number of amides is 1. The number of nitrogens with one attached hydrogen (secondary N) is 1. The third-order valence-electron chi connectivity index (χ3n) is 4.22. The van der Waals surface area contributed by atoms with Gasteiger partial charge in [0.05, 0.1) is 6.54 Å². The quantitative estimate of drug-likeness (QED) is 0.796. The van der Waals surface area contributed by atoms with E-state index in [1.54, 1.807) is 12.3 Å². The summed E-state index contributed by atoms with van der Waals surface area (Å²) in [5.41, 5.74) is 1.13. The minimum atomic E-state index is -0.144. The molecule has 3 rings (SSSR count). The van der Waals surface area contributed by atoms with Crippen molar-refractivity contribution in [2.75, 3.05) is 19.6 Å². The Bertz CT molecular complexity index is 641. The van der Waals surface area contributed by atoms with E-state index in [-0.39, 0.29) is 5.91 Å². The van der Waals surface area contributed by atoms with Crippen LogP contribution in [-0.2, 0) is 13.1 Å². The van der Waals surface area contributed by atoms with Crippen LogP contribution in [0.15, 0.2) is 28.8 Å². The largest absolute Gasteiger partial charge is 0.455 e. The summed E-state index contributed by atoms with van der Waals surface area (Å²) in [6.07, 6.45) is 5.14. The summed E-state index contributed by atoms with van der Waals surface area (Å²) in [7, 11) is 0. The van der Waals surface area contributed by atoms with E-state index in [1.165, 1.54) is 12.8 Å². The number of rotatable bonds is 7. The molecule has 0 spiro atoms. The van der Waals surface area contributed by atoms with Crippen LogP contribution in [-0.4, -0.2) is 40.2 Å². The van der Waals surface area contributed by atoms with Gasteiger partial charge in [-0.25, -0.2) is 0 Å². The summed E-state index contributed by atoms with van der Waals surface area (Å²) in [5, 5.41) is 7.12. The van der Waals surface area contributed by atoms with Gasteiger partial charge in [0, 0.05) is 25.0 Å². The molecule has 124 valence electrons. The molecule has 1 saturated heterocycles. The Morgan fingerprint density at radius 2 is 2.13 bits per heavy atom. The Kier molecular flexibility index (Phi) is 5.12. The fourth-order valence-corrected chi connectivity index (χ4v) is 2.90. The Morgan fingerprint density at radius 3 is 2.87 bits per heavy atom. The van der Waals surface area contributed by atoms with Crippen LogP contribution >= 0.6 is 0 Å². The SMILES string of the molecule is Cc1ccnn1CCCNC(=O)c1ccc(CN2CCCC2)o1. The smallest absolute Gasteiger partial charge is 0.286 e. The molecule has 23 heavy (non-hydrogen) atoms. The fourth-order valence-electron chi connectivity index (χ4n) is 2.90. The average Bonchev–Trinajstić information content (AvgIpc) is 3.27. The lowest BCUT2D eigenvalue weighted by Gasteiger charge is -2.11. The van der Waals surface area contributed by atoms with E-state index in [9.17, 15) is 4.79 Å². The van der Waals surface area contributed by atoms with Gasteiger partial charge < -0.3 is 9.73 Å². The second-order valence-electron chi connectivity index (χ2n) is 6.05. The zero-order chi connectivity index (χ0) is 16.1. The van der Waals surface area contributed by atoms with Crippen molar-refractivity contribution < 1.29 is 9.21 Å². The highest BCUT2D eigenvalue weighted by atomic mass is 16.4. The van der Waals surface area contributed by atoms with E-state index in [2.05, 4.69) is 15.3 Å². The van der Waals surface area contributed by atoms with Gasteiger partial charge in [-0.2, -0.15) is 5.10 Å². The van der Waals surface area contributed by atoms with Crippen molar-refractivity contribution in [3.63, 3.8) is 0 Å². The Labute approximate surface area is 136 Å². The molecule has 0 aliphatic carbocycles. The molecule has 0 saturated carbocycles. The van der Waals surface area contributed by atoms with Gasteiger partial charge in [-0.1, -0.05) is 0 Å². The lowest BCUT2D eigenvalue weighted by atomic mass is 10.3. The molecular formula is C17H24N4O2. The minimum Gasteiger partial charge on any atom is -0.455 e. The van der Waals surface area contributed by atoms with E-state index >= 15 is 0 Å².